The second-order valence-corrected chi connectivity index (χ2v) is 8.43. The number of benzene rings is 2. The maximum absolute atomic E-state index is 11.6. The van der Waals surface area contributed by atoms with Gasteiger partial charge in [0, 0.05) is 3.57 Å². The van der Waals surface area contributed by atoms with Crippen molar-refractivity contribution in [2.45, 2.75) is 19.1 Å². The van der Waals surface area contributed by atoms with Crippen molar-refractivity contribution in [2.24, 2.45) is 0 Å². The molecule has 2 atom stereocenters. The van der Waals surface area contributed by atoms with Crippen molar-refractivity contribution in [2.75, 3.05) is 6.26 Å². The third-order valence-electron chi connectivity index (χ3n) is 3.28. The minimum absolute atomic E-state index is 0.496. The summed E-state index contributed by atoms with van der Waals surface area (Å²) in [6.07, 6.45) is 0.546. The van der Waals surface area contributed by atoms with Crippen LogP contribution in [0.4, 0.5) is 0 Å². The molecule has 0 radical (unpaired) electrons. The lowest BCUT2D eigenvalue weighted by molar-refractivity contribution is 0.173. The van der Waals surface area contributed by atoms with Crippen molar-refractivity contribution in [1.29, 1.82) is 5.26 Å². The smallest absolute Gasteiger partial charge is 0.209 e. The molecule has 0 amide bonds. The highest BCUT2D eigenvalue weighted by atomic mass is 127. The van der Waals surface area contributed by atoms with Crippen molar-refractivity contribution in [3.8, 4) is 11.8 Å². The molecule has 126 valence electrons. The maximum Gasteiger partial charge on any atom is 0.209 e. The Morgan fingerprint density at radius 2 is 1.88 bits per heavy atom. The van der Waals surface area contributed by atoms with E-state index >= 15 is 0 Å². The Balaban J connectivity index is 2.36. The van der Waals surface area contributed by atoms with E-state index in [1.54, 1.807) is 25.1 Å². The quantitative estimate of drug-likeness (QED) is 0.678. The van der Waals surface area contributed by atoms with Crippen LogP contribution in [0.2, 0.25) is 0 Å². The predicted octanol–water partition coefficient (Wildman–Crippen LogP) is 3.22. The van der Waals surface area contributed by atoms with Crippen molar-refractivity contribution >= 4 is 32.6 Å². The molecule has 2 aromatic rings. The van der Waals surface area contributed by atoms with Gasteiger partial charge in [-0.05, 0) is 71.5 Å². The van der Waals surface area contributed by atoms with Gasteiger partial charge in [0.2, 0.25) is 10.0 Å². The van der Waals surface area contributed by atoms with Crippen molar-refractivity contribution in [3.05, 3.63) is 63.2 Å². The number of nitrogens with one attached hydrogen (secondary N) is 1. The van der Waals surface area contributed by atoms with Crippen molar-refractivity contribution in [3.63, 3.8) is 0 Å². The van der Waals surface area contributed by atoms with Crippen molar-refractivity contribution < 1.29 is 13.2 Å². The Bertz CT molecular complexity index is 845. The SMILES string of the molecule is CC(NS(C)(=O)=O)C(Oc1ccc(I)cc1)c1cccc(C#N)c1. The van der Waals surface area contributed by atoms with Gasteiger partial charge in [-0.25, -0.2) is 13.1 Å². The summed E-state index contributed by atoms with van der Waals surface area (Å²) >= 11 is 2.20. The minimum atomic E-state index is -3.39. The first-order chi connectivity index (χ1) is 11.3. The van der Waals surface area contributed by atoms with Crippen LogP contribution in [0.3, 0.4) is 0 Å². The van der Waals surface area contributed by atoms with Gasteiger partial charge in [-0.3, -0.25) is 0 Å². The zero-order valence-corrected chi connectivity index (χ0v) is 16.2. The molecule has 0 aromatic heterocycles. The molecule has 2 unspecified atom stereocenters. The number of nitrogens with zero attached hydrogens (tertiary/aromatic N) is 1. The first kappa shape index (κ1) is 18.7. The van der Waals surface area contributed by atoms with E-state index in [0.29, 0.717) is 11.3 Å². The average molecular weight is 456 g/mol. The normalized spacial score (nSPS) is 13.8. The molecule has 0 saturated carbocycles. The zero-order valence-electron chi connectivity index (χ0n) is 13.2. The number of nitriles is 1. The summed E-state index contributed by atoms with van der Waals surface area (Å²) in [5, 5.41) is 9.09. The van der Waals surface area contributed by atoms with Crippen molar-refractivity contribution in [1.82, 2.24) is 4.72 Å². The van der Waals surface area contributed by atoms with Gasteiger partial charge in [-0.1, -0.05) is 12.1 Å². The van der Waals surface area contributed by atoms with Crippen LogP contribution in [0.25, 0.3) is 0 Å². The molecule has 1 N–H and O–H groups in total. The van der Waals surface area contributed by atoms with Gasteiger partial charge in [-0.2, -0.15) is 5.26 Å². The zero-order chi connectivity index (χ0) is 17.7. The summed E-state index contributed by atoms with van der Waals surface area (Å²) in [6.45, 7) is 1.73. The highest BCUT2D eigenvalue weighted by Gasteiger charge is 2.24. The molecule has 5 nitrogen and oxygen atoms in total. The lowest BCUT2D eigenvalue weighted by Crippen LogP contribution is -2.38. The molecule has 0 spiro atoms. The van der Waals surface area contributed by atoms with Gasteiger partial charge in [0.1, 0.15) is 11.9 Å². The molecular weight excluding hydrogens is 439 g/mol. The number of hydrogen-bond acceptors (Lipinski definition) is 4. The lowest BCUT2D eigenvalue weighted by atomic mass is 10.0. The molecule has 24 heavy (non-hydrogen) atoms. The van der Waals surface area contributed by atoms with Gasteiger partial charge < -0.3 is 4.74 Å². The summed E-state index contributed by atoms with van der Waals surface area (Å²) in [5.41, 5.74) is 1.23. The van der Waals surface area contributed by atoms with E-state index < -0.39 is 22.2 Å². The fourth-order valence-corrected chi connectivity index (χ4v) is 3.46. The third kappa shape index (κ3) is 5.47. The summed E-state index contributed by atoms with van der Waals surface area (Å²) in [7, 11) is -3.39. The maximum atomic E-state index is 11.6. The van der Waals surface area contributed by atoms with E-state index in [1.807, 2.05) is 30.3 Å². The largest absolute Gasteiger partial charge is 0.484 e. The first-order valence-electron chi connectivity index (χ1n) is 7.18. The summed E-state index contributed by atoms with van der Waals surface area (Å²) in [5.74, 6) is 0.630. The topological polar surface area (TPSA) is 79.2 Å². The Hall–Kier alpha value is -1.63. The summed E-state index contributed by atoms with van der Waals surface area (Å²) < 4.78 is 32.8. The number of halogens is 1. The highest BCUT2D eigenvalue weighted by molar-refractivity contribution is 14.1. The molecular formula is C17H17IN2O3S. The van der Waals surface area contributed by atoms with Gasteiger partial charge in [0.25, 0.3) is 0 Å². The van der Waals surface area contributed by atoms with Gasteiger partial charge >= 0.3 is 0 Å². The second-order valence-electron chi connectivity index (χ2n) is 5.41. The molecule has 0 aliphatic heterocycles. The number of sulfonamides is 1. The first-order valence-corrected chi connectivity index (χ1v) is 10.1. The molecule has 7 heteroatoms. The van der Waals surface area contributed by atoms with Gasteiger partial charge in [0.15, 0.2) is 0 Å². The number of ether oxygens (including phenoxy) is 1. The fraction of sp³-hybridized carbons (Fsp3) is 0.235. The van der Waals surface area contributed by atoms with Crippen LogP contribution in [-0.4, -0.2) is 20.7 Å². The van der Waals surface area contributed by atoms with Gasteiger partial charge in [0.05, 0.1) is 23.9 Å². The molecule has 0 saturated heterocycles. The molecule has 0 aliphatic rings. The summed E-state index contributed by atoms with van der Waals surface area (Å²) in [6, 6.07) is 16.0. The molecule has 0 aliphatic carbocycles. The van der Waals surface area contributed by atoms with E-state index in [0.717, 1.165) is 15.4 Å². The highest BCUT2D eigenvalue weighted by Crippen LogP contribution is 2.26. The number of hydrogen-bond donors (Lipinski definition) is 1. The Kier molecular flexibility index (Phi) is 6.21. The van der Waals surface area contributed by atoms with Crippen LogP contribution >= 0.6 is 22.6 Å². The molecule has 2 rings (SSSR count). The number of rotatable bonds is 6. The van der Waals surface area contributed by atoms with E-state index in [9.17, 15) is 8.42 Å². The van der Waals surface area contributed by atoms with E-state index in [1.165, 1.54) is 0 Å². The van der Waals surface area contributed by atoms with Crippen LogP contribution in [0.1, 0.15) is 24.2 Å². The molecule has 2 aromatic carbocycles. The second kappa shape index (κ2) is 7.96. The van der Waals surface area contributed by atoms with Crippen LogP contribution in [0.5, 0.6) is 5.75 Å². The monoisotopic (exact) mass is 456 g/mol. The van der Waals surface area contributed by atoms with Gasteiger partial charge in [-0.15, -0.1) is 0 Å². The van der Waals surface area contributed by atoms with E-state index in [4.69, 9.17) is 10.00 Å². The lowest BCUT2D eigenvalue weighted by Gasteiger charge is -2.26. The Labute approximate surface area is 155 Å². The minimum Gasteiger partial charge on any atom is -0.484 e. The summed E-state index contributed by atoms with van der Waals surface area (Å²) in [4.78, 5) is 0. The van der Waals surface area contributed by atoms with E-state index in [2.05, 4.69) is 33.4 Å². The molecule has 0 bridgehead atoms. The molecule has 0 heterocycles. The Morgan fingerprint density at radius 3 is 2.46 bits per heavy atom. The molecule has 0 fully saturated rings. The van der Waals surface area contributed by atoms with E-state index in [-0.39, 0.29) is 0 Å². The fourth-order valence-electron chi connectivity index (χ4n) is 2.30. The van der Waals surface area contributed by atoms with Crippen LogP contribution in [0.15, 0.2) is 48.5 Å². The third-order valence-corrected chi connectivity index (χ3v) is 4.79. The standard InChI is InChI=1S/C17H17IN2O3S/c1-12(20-24(2,21)22)17(14-5-3-4-13(10-14)11-19)23-16-8-6-15(18)7-9-16/h3-10,12,17,20H,1-2H3. The van der Waals surface area contributed by atoms with Crippen LogP contribution in [-0.2, 0) is 10.0 Å². The van der Waals surface area contributed by atoms with Crippen LogP contribution in [0, 0.1) is 14.9 Å². The predicted molar refractivity (Wildman–Crippen MR) is 101 cm³/mol. The average Bonchev–Trinajstić information content (AvgIpc) is 2.52. The van der Waals surface area contributed by atoms with Crippen LogP contribution < -0.4 is 9.46 Å². The Morgan fingerprint density at radius 1 is 1.21 bits per heavy atom.